The van der Waals surface area contributed by atoms with Crippen molar-refractivity contribution in [2.24, 2.45) is 10.9 Å². The first-order valence-electron chi connectivity index (χ1n) is 5.32. The second-order valence-corrected chi connectivity index (χ2v) is 5.13. The Labute approximate surface area is 98.5 Å². The maximum absolute atomic E-state index is 12.1. The number of nitrogens with zero attached hydrogens (tertiary/aromatic N) is 1. The number of hydrogen-bond acceptors (Lipinski definition) is 3. The number of allylic oxidation sites excluding steroid dienone is 1. The average Bonchev–Trinajstić information content (AvgIpc) is 2.45. The molecule has 0 spiro atoms. The zero-order valence-electron chi connectivity index (χ0n) is 8.67. The van der Waals surface area contributed by atoms with Gasteiger partial charge in [0.05, 0.1) is 5.92 Å². The molecule has 3 rings (SSSR count). The third-order valence-electron chi connectivity index (χ3n) is 2.90. The number of aliphatic imine (C=N–C) groups is 1. The average molecular weight is 229 g/mol. The molecule has 80 valence electrons. The van der Waals surface area contributed by atoms with E-state index >= 15 is 0 Å². The third kappa shape index (κ3) is 1.61. The summed E-state index contributed by atoms with van der Waals surface area (Å²) < 4.78 is 0. The topological polar surface area (TPSA) is 29.4 Å². The molecule has 2 heterocycles. The van der Waals surface area contributed by atoms with Crippen LogP contribution in [0.25, 0.3) is 0 Å². The Morgan fingerprint density at radius 2 is 2.19 bits per heavy atom. The Bertz CT molecular complexity index is 492. The number of ketones is 1. The molecule has 0 fully saturated rings. The second kappa shape index (κ2) is 3.91. The quantitative estimate of drug-likeness (QED) is 0.684. The van der Waals surface area contributed by atoms with Crippen molar-refractivity contribution in [1.29, 1.82) is 0 Å². The summed E-state index contributed by atoms with van der Waals surface area (Å²) in [5, 5.41) is 0.0288. The molecule has 3 heteroatoms. The number of rotatable bonds is 0. The van der Waals surface area contributed by atoms with Gasteiger partial charge in [-0.25, -0.2) is 0 Å². The number of hydrogen-bond donors (Lipinski definition) is 0. The lowest BCUT2D eigenvalue weighted by Gasteiger charge is -2.18. The van der Waals surface area contributed by atoms with E-state index in [1.807, 2.05) is 30.4 Å². The Kier molecular flexibility index (Phi) is 2.40. The summed E-state index contributed by atoms with van der Waals surface area (Å²) in [4.78, 5) is 17.7. The van der Waals surface area contributed by atoms with E-state index in [1.165, 1.54) is 4.90 Å². The van der Waals surface area contributed by atoms with Crippen LogP contribution in [0.5, 0.6) is 0 Å². The van der Waals surface area contributed by atoms with Crippen LogP contribution < -0.4 is 0 Å². The first-order chi connectivity index (χ1) is 7.84. The van der Waals surface area contributed by atoms with Gasteiger partial charge in [-0.1, -0.05) is 36.0 Å². The van der Waals surface area contributed by atoms with Crippen molar-refractivity contribution in [3.8, 4) is 0 Å². The third-order valence-corrected chi connectivity index (χ3v) is 4.21. The number of benzene rings is 1. The number of thioether (sulfide) groups is 1. The summed E-state index contributed by atoms with van der Waals surface area (Å²) in [5.41, 5.74) is 1.13. The van der Waals surface area contributed by atoms with Crippen molar-refractivity contribution < 1.29 is 4.79 Å². The maximum atomic E-state index is 12.1. The fourth-order valence-electron chi connectivity index (χ4n) is 2.06. The van der Waals surface area contributed by atoms with Crippen LogP contribution in [-0.4, -0.2) is 17.4 Å². The van der Waals surface area contributed by atoms with Crippen LogP contribution in [0.1, 0.15) is 5.56 Å². The minimum atomic E-state index is -0.0533. The first kappa shape index (κ1) is 9.85. The molecule has 0 aliphatic carbocycles. The summed E-state index contributed by atoms with van der Waals surface area (Å²) in [6.45, 7) is 0. The number of fused-ring (bicyclic) bond motifs is 2. The fraction of sp³-hybridized carbons (Fsp3) is 0.231. The highest BCUT2D eigenvalue weighted by Gasteiger charge is 2.31. The summed E-state index contributed by atoms with van der Waals surface area (Å²) >= 11 is 1.70. The zero-order chi connectivity index (χ0) is 11.0. The lowest BCUT2D eigenvalue weighted by Crippen LogP contribution is -2.24. The zero-order valence-corrected chi connectivity index (χ0v) is 9.48. The SMILES string of the molecule is O=C1Cc2ccccc2SC2N=CC=CC12. The van der Waals surface area contributed by atoms with Gasteiger partial charge in [0.1, 0.15) is 11.2 Å². The molecule has 2 aliphatic heterocycles. The van der Waals surface area contributed by atoms with E-state index in [-0.39, 0.29) is 17.1 Å². The molecule has 0 aromatic heterocycles. The summed E-state index contributed by atoms with van der Waals surface area (Å²) in [5.74, 6) is 0.220. The van der Waals surface area contributed by atoms with Crippen molar-refractivity contribution >= 4 is 23.8 Å². The number of carbonyl (C=O) groups is 1. The Hall–Kier alpha value is -1.35. The summed E-state index contributed by atoms with van der Waals surface area (Å²) in [7, 11) is 0. The molecule has 1 aromatic rings. The van der Waals surface area contributed by atoms with Crippen LogP contribution in [0.3, 0.4) is 0 Å². The van der Waals surface area contributed by atoms with Crippen LogP contribution in [-0.2, 0) is 11.2 Å². The van der Waals surface area contributed by atoms with E-state index in [9.17, 15) is 4.79 Å². The van der Waals surface area contributed by atoms with Crippen LogP contribution in [0.4, 0.5) is 0 Å². The molecule has 16 heavy (non-hydrogen) atoms. The van der Waals surface area contributed by atoms with E-state index in [1.54, 1.807) is 18.0 Å². The van der Waals surface area contributed by atoms with Crippen molar-refractivity contribution in [3.63, 3.8) is 0 Å². The highest BCUT2D eigenvalue weighted by molar-refractivity contribution is 8.00. The minimum Gasteiger partial charge on any atom is -0.299 e. The summed E-state index contributed by atoms with van der Waals surface area (Å²) in [6, 6.07) is 8.11. The minimum absolute atomic E-state index is 0.0288. The van der Waals surface area contributed by atoms with Gasteiger partial charge in [-0.05, 0) is 17.7 Å². The molecule has 0 saturated heterocycles. The molecule has 0 bridgehead atoms. The van der Waals surface area contributed by atoms with Gasteiger partial charge in [0, 0.05) is 17.5 Å². The van der Waals surface area contributed by atoms with E-state index in [4.69, 9.17) is 0 Å². The molecule has 0 saturated carbocycles. The molecular formula is C13H11NOS. The number of dihydropyridines is 1. The highest BCUT2D eigenvalue weighted by Crippen LogP contribution is 2.37. The van der Waals surface area contributed by atoms with Crippen molar-refractivity contribution in [1.82, 2.24) is 0 Å². The Balaban J connectivity index is 2.04. The molecule has 1 aromatic carbocycles. The molecular weight excluding hydrogens is 218 g/mol. The normalized spacial score (nSPS) is 27.1. The Morgan fingerprint density at radius 1 is 1.31 bits per heavy atom. The van der Waals surface area contributed by atoms with Gasteiger partial charge in [0.25, 0.3) is 0 Å². The van der Waals surface area contributed by atoms with Gasteiger partial charge < -0.3 is 0 Å². The van der Waals surface area contributed by atoms with E-state index < -0.39 is 0 Å². The molecule has 0 N–H and O–H groups in total. The van der Waals surface area contributed by atoms with Crippen LogP contribution in [0.2, 0.25) is 0 Å². The molecule has 2 unspecified atom stereocenters. The summed E-state index contributed by atoms with van der Waals surface area (Å²) in [6.07, 6.45) is 6.16. The Morgan fingerprint density at radius 3 is 3.12 bits per heavy atom. The largest absolute Gasteiger partial charge is 0.299 e. The predicted molar refractivity (Wildman–Crippen MR) is 65.9 cm³/mol. The lowest BCUT2D eigenvalue weighted by molar-refractivity contribution is -0.120. The van der Waals surface area contributed by atoms with E-state index in [2.05, 4.69) is 11.1 Å². The van der Waals surface area contributed by atoms with Crippen molar-refractivity contribution in [3.05, 3.63) is 42.0 Å². The molecule has 2 aliphatic rings. The highest BCUT2D eigenvalue weighted by atomic mass is 32.2. The molecule has 0 amide bonds. The van der Waals surface area contributed by atoms with Crippen LogP contribution in [0, 0.1) is 5.92 Å². The number of Topliss-reactive ketones (excluding diaryl/α,β-unsaturated/α-hetero) is 1. The molecule has 2 nitrogen and oxygen atoms in total. The van der Waals surface area contributed by atoms with Crippen LogP contribution >= 0.6 is 11.8 Å². The van der Waals surface area contributed by atoms with Crippen molar-refractivity contribution in [2.45, 2.75) is 16.7 Å². The number of carbonyl (C=O) groups excluding carboxylic acids is 1. The van der Waals surface area contributed by atoms with Gasteiger partial charge in [-0.3, -0.25) is 9.79 Å². The van der Waals surface area contributed by atoms with Gasteiger partial charge in [-0.2, -0.15) is 0 Å². The maximum Gasteiger partial charge on any atom is 0.147 e. The molecule has 2 atom stereocenters. The van der Waals surface area contributed by atoms with Gasteiger partial charge in [0.15, 0.2) is 0 Å². The van der Waals surface area contributed by atoms with Crippen LogP contribution in [0.15, 0.2) is 46.3 Å². The fourth-order valence-corrected chi connectivity index (χ4v) is 3.29. The lowest BCUT2D eigenvalue weighted by atomic mass is 9.96. The standard InChI is InChI=1S/C13H11NOS/c15-11-8-9-4-1-2-6-12(9)16-13-10(11)5-3-7-14-13/h1-7,10,13H,8H2. The molecule has 0 radical (unpaired) electrons. The monoisotopic (exact) mass is 229 g/mol. The second-order valence-electron chi connectivity index (χ2n) is 3.97. The van der Waals surface area contributed by atoms with Crippen molar-refractivity contribution in [2.75, 3.05) is 0 Å². The van der Waals surface area contributed by atoms with E-state index in [0.29, 0.717) is 6.42 Å². The first-order valence-corrected chi connectivity index (χ1v) is 6.20. The van der Waals surface area contributed by atoms with E-state index in [0.717, 1.165) is 5.56 Å². The smallest absolute Gasteiger partial charge is 0.147 e. The van der Waals surface area contributed by atoms with Gasteiger partial charge in [-0.15, -0.1) is 0 Å². The predicted octanol–water partition coefficient (Wildman–Crippen LogP) is 2.49. The van der Waals surface area contributed by atoms with Gasteiger partial charge in [0.2, 0.25) is 0 Å². The van der Waals surface area contributed by atoms with Gasteiger partial charge >= 0.3 is 0 Å².